The molecule has 14 heteroatoms. The zero-order valence-electron chi connectivity index (χ0n) is 29.5. The van der Waals surface area contributed by atoms with Crippen molar-refractivity contribution in [3.05, 3.63) is 144 Å². The minimum absolute atomic E-state index is 0.0278. The van der Waals surface area contributed by atoms with Crippen LogP contribution in [0.1, 0.15) is 52.0 Å². The number of benzene rings is 4. The third-order valence-corrected chi connectivity index (χ3v) is 11.6. The summed E-state index contributed by atoms with van der Waals surface area (Å²) in [5.41, 5.74) is 3.64. The van der Waals surface area contributed by atoms with E-state index in [-0.39, 0.29) is 34.2 Å². The van der Waals surface area contributed by atoms with Gasteiger partial charge in [-0.3, -0.25) is 24.4 Å². The van der Waals surface area contributed by atoms with Gasteiger partial charge in [-0.05, 0) is 73.4 Å². The Kier molecular flexibility index (Phi) is 14.1. The Bertz CT molecular complexity index is 2130. The molecule has 4 aromatic carbocycles. The first-order valence-electron chi connectivity index (χ1n) is 17.1. The van der Waals surface area contributed by atoms with Crippen molar-refractivity contribution in [2.24, 2.45) is 5.10 Å². The summed E-state index contributed by atoms with van der Waals surface area (Å²) in [7, 11) is -4.00. The van der Waals surface area contributed by atoms with Crippen molar-refractivity contribution in [2.75, 3.05) is 19.1 Å². The lowest BCUT2D eigenvalue weighted by Crippen LogP contribution is -2.37. The van der Waals surface area contributed by atoms with Crippen molar-refractivity contribution in [3.8, 4) is 0 Å². The highest BCUT2D eigenvalue weighted by molar-refractivity contribution is 7.86. The summed E-state index contributed by atoms with van der Waals surface area (Å²) in [5.74, 6) is -0.801. The minimum atomic E-state index is -4.43. The molecule has 0 fully saturated rings. The number of hydrogen-bond acceptors (Lipinski definition) is 9. The molecule has 1 aromatic heterocycles. The van der Waals surface area contributed by atoms with E-state index in [0.717, 1.165) is 5.30 Å². The van der Waals surface area contributed by atoms with E-state index >= 15 is 0 Å². The Labute approximate surface area is 315 Å². The van der Waals surface area contributed by atoms with E-state index in [1.165, 1.54) is 60.5 Å². The van der Waals surface area contributed by atoms with E-state index < -0.39 is 36.0 Å². The molecule has 0 saturated heterocycles. The van der Waals surface area contributed by atoms with Crippen molar-refractivity contribution in [3.63, 3.8) is 0 Å². The van der Waals surface area contributed by atoms with Crippen LogP contribution in [0.4, 0.5) is 5.82 Å². The van der Waals surface area contributed by atoms with E-state index in [4.69, 9.17) is 4.74 Å². The van der Waals surface area contributed by atoms with Gasteiger partial charge in [-0.2, -0.15) is 13.5 Å². The van der Waals surface area contributed by atoms with Crippen molar-refractivity contribution in [1.29, 1.82) is 0 Å². The second kappa shape index (κ2) is 19.4. The van der Waals surface area contributed by atoms with Crippen molar-refractivity contribution in [1.82, 2.24) is 15.6 Å². The molecule has 54 heavy (non-hydrogen) atoms. The second-order valence-electron chi connectivity index (χ2n) is 12.1. The minimum Gasteiger partial charge on any atom is -0.469 e. The van der Waals surface area contributed by atoms with Crippen LogP contribution in [0.3, 0.4) is 0 Å². The molecule has 1 unspecified atom stereocenters. The van der Waals surface area contributed by atoms with Gasteiger partial charge in [0.15, 0.2) is 0 Å². The van der Waals surface area contributed by atoms with Crippen LogP contribution < -0.4 is 32.0 Å². The molecule has 5 rings (SSSR count). The molecule has 1 heterocycles. The molecule has 0 aliphatic carbocycles. The average molecular weight is 766 g/mol. The first-order valence-corrected chi connectivity index (χ1v) is 19.9. The molecule has 12 nitrogen and oxygen atoms in total. The van der Waals surface area contributed by atoms with Gasteiger partial charge in [-0.25, -0.2) is 4.98 Å². The number of ether oxygens (including phenoxy) is 1. The predicted molar refractivity (Wildman–Crippen MR) is 211 cm³/mol. The van der Waals surface area contributed by atoms with Gasteiger partial charge in [0.25, 0.3) is 21.9 Å². The van der Waals surface area contributed by atoms with Gasteiger partial charge in [-0.15, -0.1) is 0 Å². The summed E-state index contributed by atoms with van der Waals surface area (Å²) in [6.07, 6.45) is 4.24. The molecule has 1 atom stereocenters. The van der Waals surface area contributed by atoms with Crippen LogP contribution in [0, 0.1) is 0 Å². The van der Waals surface area contributed by atoms with E-state index in [9.17, 15) is 27.4 Å². The maximum atomic E-state index is 13.2. The Balaban J connectivity index is 1.13. The molecular weight excluding hydrogens is 726 g/mol. The number of hydrazone groups is 1. The van der Waals surface area contributed by atoms with Gasteiger partial charge in [0, 0.05) is 29.9 Å². The zero-order chi connectivity index (χ0) is 38.3. The smallest absolute Gasteiger partial charge is 0.307 e. The number of esters is 1. The van der Waals surface area contributed by atoms with Gasteiger partial charge in [-0.1, -0.05) is 91.0 Å². The van der Waals surface area contributed by atoms with Crippen molar-refractivity contribution in [2.45, 2.75) is 36.6 Å². The summed E-state index contributed by atoms with van der Waals surface area (Å²) >= 11 is 0. The summed E-state index contributed by atoms with van der Waals surface area (Å²) in [6, 6.07) is 36.6. The van der Waals surface area contributed by atoms with Crippen LogP contribution in [0.2, 0.25) is 0 Å². The molecule has 0 saturated carbocycles. The monoisotopic (exact) mass is 765 g/mol. The fourth-order valence-corrected chi connectivity index (χ4v) is 8.58. The molecule has 2 amide bonds. The third-order valence-electron chi connectivity index (χ3n) is 8.24. The first-order chi connectivity index (χ1) is 26.1. The summed E-state index contributed by atoms with van der Waals surface area (Å²) in [5, 5.41) is 13.3. The second-order valence-corrected chi connectivity index (χ2v) is 15.7. The molecule has 0 radical (unpaired) electrons. The van der Waals surface area contributed by atoms with Crippen LogP contribution in [0.5, 0.6) is 0 Å². The number of pyridine rings is 1. The number of carbonyl (C=O) groups is 3. The fraction of sp³-hybridized carbons (Fsp3) is 0.175. The molecular formula is C40H40N5O7PS. The van der Waals surface area contributed by atoms with Crippen LogP contribution in [-0.4, -0.2) is 61.6 Å². The molecule has 0 bridgehead atoms. The molecule has 0 spiro atoms. The maximum Gasteiger partial charge on any atom is 0.307 e. The topological polar surface area (TPSA) is 176 Å². The average Bonchev–Trinajstić information content (AvgIpc) is 3.18. The number of anilines is 1. The van der Waals surface area contributed by atoms with E-state index in [2.05, 4.69) is 56.5 Å². The number of hydrogen-bond donors (Lipinski definition) is 4. The van der Waals surface area contributed by atoms with Crippen molar-refractivity contribution < 1.29 is 32.1 Å². The number of aromatic nitrogens is 1. The maximum absolute atomic E-state index is 13.2. The van der Waals surface area contributed by atoms with Crippen LogP contribution >= 0.6 is 7.92 Å². The number of amides is 2. The summed E-state index contributed by atoms with van der Waals surface area (Å²) in [4.78, 5) is 42.3. The highest BCUT2D eigenvalue weighted by Crippen LogP contribution is 2.32. The standard InChI is InChI=1S/C40H40N5O7PS/c1-52-38(46)26-32(44-40(48)31-22-23-37(42-27-31)45-43-28-30-13-8-9-21-36(30)54(49,50)51)15-10-11-24-41-39(47)29-14-12-20-35(25-29)53(33-16-4-2-5-17-33)34-18-6-3-7-19-34/h2-9,12-14,16-23,25,27-28,32H,10-11,15,24,26H2,1H3,(H,41,47)(H,42,45)(H,44,48)(H,49,50,51). The number of nitrogens with zero attached hydrogens (tertiary/aromatic N) is 2. The summed E-state index contributed by atoms with van der Waals surface area (Å²) < 4.78 is 37.4. The number of nitrogens with one attached hydrogen (secondary N) is 3. The quantitative estimate of drug-likeness (QED) is 0.0259. The van der Waals surface area contributed by atoms with E-state index in [1.54, 1.807) is 6.07 Å². The zero-order valence-corrected chi connectivity index (χ0v) is 31.2. The highest BCUT2D eigenvalue weighted by atomic mass is 32.2. The molecule has 0 aliphatic rings. The summed E-state index contributed by atoms with van der Waals surface area (Å²) in [6.45, 7) is 0.413. The van der Waals surface area contributed by atoms with Crippen LogP contribution in [-0.2, 0) is 19.6 Å². The Morgan fingerprint density at radius 2 is 1.48 bits per heavy atom. The predicted octanol–water partition coefficient (Wildman–Crippen LogP) is 4.79. The van der Waals surface area contributed by atoms with Crippen molar-refractivity contribution >= 4 is 63.8 Å². The lowest BCUT2D eigenvalue weighted by Gasteiger charge is -2.20. The van der Waals surface area contributed by atoms with Gasteiger partial charge >= 0.3 is 5.97 Å². The molecule has 4 N–H and O–H groups in total. The molecule has 5 aromatic rings. The highest BCUT2D eigenvalue weighted by Gasteiger charge is 2.20. The Hall–Kier alpha value is -5.75. The normalized spacial score (nSPS) is 11.9. The Morgan fingerprint density at radius 3 is 2.13 bits per heavy atom. The number of carbonyl (C=O) groups excluding carboxylic acids is 3. The lowest BCUT2D eigenvalue weighted by molar-refractivity contribution is -0.141. The number of unbranched alkanes of at least 4 members (excludes halogenated alkanes) is 1. The van der Waals surface area contributed by atoms with Gasteiger partial charge < -0.3 is 15.4 Å². The fourth-order valence-electron chi connectivity index (χ4n) is 5.57. The largest absolute Gasteiger partial charge is 0.469 e. The van der Waals surface area contributed by atoms with Crippen LogP contribution in [0.15, 0.2) is 138 Å². The van der Waals surface area contributed by atoms with Gasteiger partial charge in [0.05, 0.1) is 25.3 Å². The number of rotatable bonds is 17. The molecule has 278 valence electrons. The number of methoxy groups -OCH3 is 1. The SMILES string of the molecule is COC(=O)CC(CCCCNC(=O)c1cccc(P(c2ccccc2)c2ccccc2)c1)NC(=O)c1ccc(NN=Cc2ccccc2S(=O)(=O)O)nc1. The Morgan fingerprint density at radius 1 is 0.815 bits per heavy atom. The van der Waals surface area contributed by atoms with E-state index in [1.807, 2.05) is 54.6 Å². The first kappa shape index (κ1) is 39.5. The van der Waals surface area contributed by atoms with Gasteiger partial charge in [0.1, 0.15) is 10.7 Å². The van der Waals surface area contributed by atoms with Gasteiger partial charge in [0.2, 0.25) is 0 Å². The van der Waals surface area contributed by atoms with Crippen LogP contribution in [0.25, 0.3) is 0 Å². The molecule has 0 aliphatic heterocycles. The van der Waals surface area contributed by atoms with E-state index in [0.29, 0.717) is 31.4 Å². The third kappa shape index (κ3) is 11.4. The lowest BCUT2D eigenvalue weighted by atomic mass is 10.1.